The van der Waals surface area contributed by atoms with Crippen molar-refractivity contribution in [1.29, 1.82) is 0 Å². The Labute approximate surface area is 109 Å². The predicted octanol–water partition coefficient (Wildman–Crippen LogP) is 4.21. The summed E-state index contributed by atoms with van der Waals surface area (Å²) in [7, 11) is 0. The summed E-state index contributed by atoms with van der Waals surface area (Å²) in [6, 6.07) is 15.0. The molecule has 0 saturated heterocycles. The van der Waals surface area contributed by atoms with Crippen LogP contribution in [0.1, 0.15) is 15.8 Å². The Morgan fingerprint density at radius 2 is 2.00 bits per heavy atom. The smallest absolute Gasteiger partial charge is 0.0438 e. The maximum atomic E-state index is 6.27. The van der Waals surface area contributed by atoms with Crippen molar-refractivity contribution < 1.29 is 0 Å². The molecule has 0 aliphatic carbocycles. The highest BCUT2D eigenvalue weighted by molar-refractivity contribution is 7.19. The first-order chi connectivity index (χ1) is 8.33. The van der Waals surface area contributed by atoms with Gasteiger partial charge in [0.2, 0.25) is 0 Å². The third kappa shape index (κ3) is 2.27. The first kappa shape index (κ1) is 11.0. The van der Waals surface area contributed by atoms with Crippen molar-refractivity contribution in [2.45, 2.75) is 12.5 Å². The van der Waals surface area contributed by atoms with E-state index in [4.69, 9.17) is 5.73 Å². The molecule has 0 aliphatic heterocycles. The second-order valence-electron chi connectivity index (χ2n) is 4.08. The Balaban J connectivity index is 1.88. The molecule has 0 aliphatic rings. The van der Waals surface area contributed by atoms with Crippen molar-refractivity contribution in [3.05, 3.63) is 57.6 Å². The molecule has 2 aromatic heterocycles. The minimum atomic E-state index is 0.117. The minimum absolute atomic E-state index is 0.117. The normalized spacial score (nSPS) is 13.0. The van der Waals surface area contributed by atoms with Gasteiger partial charge in [0, 0.05) is 26.9 Å². The lowest BCUT2D eigenvalue weighted by Crippen LogP contribution is -2.10. The molecular formula is C14H13NS2. The molecule has 1 aromatic carbocycles. The summed E-state index contributed by atoms with van der Waals surface area (Å²) in [5, 5.41) is 3.40. The van der Waals surface area contributed by atoms with Gasteiger partial charge in [0.05, 0.1) is 0 Å². The van der Waals surface area contributed by atoms with Gasteiger partial charge in [0.1, 0.15) is 0 Å². The highest BCUT2D eigenvalue weighted by Crippen LogP contribution is 2.30. The van der Waals surface area contributed by atoms with E-state index >= 15 is 0 Å². The molecule has 1 atom stereocenters. The Bertz CT molecular complexity index is 577. The van der Waals surface area contributed by atoms with Crippen LogP contribution >= 0.6 is 22.7 Å². The summed E-state index contributed by atoms with van der Waals surface area (Å²) >= 11 is 3.58. The van der Waals surface area contributed by atoms with E-state index in [2.05, 4.69) is 47.8 Å². The lowest BCUT2D eigenvalue weighted by molar-refractivity contribution is 0.746. The van der Waals surface area contributed by atoms with Crippen LogP contribution in [-0.4, -0.2) is 0 Å². The fourth-order valence-electron chi connectivity index (χ4n) is 1.93. The Kier molecular flexibility index (Phi) is 2.97. The largest absolute Gasteiger partial charge is 0.323 e. The molecule has 0 bridgehead atoms. The molecule has 1 unspecified atom stereocenters. The van der Waals surface area contributed by atoms with Crippen LogP contribution in [0.4, 0.5) is 0 Å². The summed E-state index contributed by atoms with van der Waals surface area (Å²) in [5.74, 6) is 0. The Hall–Kier alpha value is -1.16. The van der Waals surface area contributed by atoms with E-state index in [-0.39, 0.29) is 6.04 Å². The quantitative estimate of drug-likeness (QED) is 0.749. The summed E-state index contributed by atoms with van der Waals surface area (Å²) in [6.07, 6.45) is 0.935. The summed E-state index contributed by atoms with van der Waals surface area (Å²) in [4.78, 5) is 2.63. The van der Waals surface area contributed by atoms with Crippen molar-refractivity contribution in [2.75, 3.05) is 0 Å². The second kappa shape index (κ2) is 4.61. The SMILES string of the molecule is NC(Cc1cccs1)c1cc2ccccc2s1. The van der Waals surface area contributed by atoms with Gasteiger partial charge in [-0.1, -0.05) is 24.3 Å². The van der Waals surface area contributed by atoms with E-state index in [1.54, 1.807) is 22.7 Å². The van der Waals surface area contributed by atoms with Crippen LogP contribution < -0.4 is 5.73 Å². The maximum Gasteiger partial charge on any atom is 0.0438 e. The van der Waals surface area contributed by atoms with Gasteiger partial charge in [-0.15, -0.1) is 22.7 Å². The van der Waals surface area contributed by atoms with E-state index in [0.717, 1.165) is 6.42 Å². The van der Waals surface area contributed by atoms with Gasteiger partial charge in [-0.25, -0.2) is 0 Å². The van der Waals surface area contributed by atoms with E-state index in [1.807, 2.05) is 0 Å². The number of nitrogens with two attached hydrogens (primary N) is 1. The number of fused-ring (bicyclic) bond motifs is 1. The molecule has 86 valence electrons. The van der Waals surface area contributed by atoms with Gasteiger partial charge < -0.3 is 5.73 Å². The van der Waals surface area contributed by atoms with Gasteiger partial charge in [-0.3, -0.25) is 0 Å². The van der Waals surface area contributed by atoms with Crippen LogP contribution in [0.2, 0.25) is 0 Å². The molecule has 2 heterocycles. The number of hydrogen-bond acceptors (Lipinski definition) is 3. The summed E-state index contributed by atoms with van der Waals surface area (Å²) in [5.41, 5.74) is 6.27. The van der Waals surface area contributed by atoms with Crippen LogP contribution in [0.3, 0.4) is 0 Å². The molecule has 3 aromatic rings. The minimum Gasteiger partial charge on any atom is -0.323 e. The van der Waals surface area contributed by atoms with Gasteiger partial charge in [0.25, 0.3) is 0 Å². The molecule has 0 amide bonds. The van der Waals surface area contributed by atoms with Crippen molar-refractivity contribution >= 4 is 32.8 Å². The van der Waals surface area contributed by atoms with Crippen LogP contribution in [0.5, 0.6) is 0 Å². The number of thiophene rings is 2. The molecule has 0 fully saturated rings. The van der Waals surface area contributed by atoms with Crippen LogP contribution in [0.15, 0.2) is 47.8 Å². The molecule has 3 heteroatoms. The highest BCUT2D eigenvalue weighted by Gasteiger charge is 2.11. The van der Waals surface area contributed by atoms with Crippen molar-refractivity contribution in [1.82, 2.24) is 0 Å². The first-order valence-electron chi connectivity index (χ1n) is 5.59. The topological polar surface area (TPSA) is 26.0 Å². The predicted molar refractivity (Wildman–Crippen MR) is 76.8 cm³/mol. The van der Waals surface area contributed by atoms with Crippen LogP contribution in [0.25, 0.3) is 10.1 Å². The van der Waals surface area contributed by atoms with Gasteiger partial charge in [-0.05, 0) is 29.0 Å². The molecule has 17 heavy (non-hydrogen) atoms. The maximum absolute atomic E-state index is 6.27. The second-order valence-corrected chi connectivity index (χ2v) is 6.22. The molecule has 0 radical (unpaired) electrons. The third-order valence-electron chi connectivity index (χ3n) is 2.81. The van der Waals surface area contributed by atoms with Crippen molar-refractivity contribution in [3.63, 3.8) is 0 Å². The molecule has 2 N–H and O–H groups in total. The molecule has 0 spiro atoms. The highest BCUT2D eigenvalue weighted by atomic mass is 32.1. The van der Waals surface area contributed by atoms with Gasteiger partial charge in [0.15, 0.2) is 0 Å². The molecule has 1 nitrogen and oxygen atoms in total. The average Bonchev–Trinajstić information content (AvgIpc) is 2.96. The summed E-state index contributed by atoms with van der Waals surface area (Å²) in [6.45, 7) is 0. The number of hydrogen-bond donors (Lipinski definition) is 1. The van der Waals surface area contributed by atoms with Crippen LogP contribution in [-0.2, 0) is 6.42 Å². The average molecular weight is 259 g/mol. The first-order valence-corrected chi connectivity index (χ1v) is 7.29. The fraction of sp³-hybridized carbons (Fsp3) is 0.143. The zero-order valence-electron chi connectivity index (χ0n) is 9.30. The lowest BCUT2D eigenvalue weighted by Gasteiger charge is -2.06. The Morgan fingerprint density at radius 3 is 2.76 bits per heavy atom. The van der Waals surface area contributed by atoms with E-state index in [0.29, 0.717) is 0 Å². The molecule has 3 rings (SSSR count). The molecular weight excluding hydrogens is 246 g/mol. The van der Waals surface area contributed by atoms with E-state index in [9.17, 15) is 0 Å². The fourth-order valence-corrected chi connectivity index (χ4v) is 3.76. The van der Waals surface area contributed by atoms with E-state index in [1.165, 1.54) is 19.8 Å². The number of benzene rings is 1. The van der Waals surface area contributed by atoms with E-state index < -0.39 is 0 Å². The van der Waals surface area contributed by atoms with Gasteiger partial charge >= 0.3 is 0 Å². The zero-order valence-corrected chi connectivity index (χ0v) is 10.9. The van der Waals surface area contributed by atoms with Crippen molar-refractivity contribution in [3.8, 4) is 0 Å². The Morgan fingerprint density at radius 1 is 1.12 bits per heavy atom. The lowest BCUT2D eigenvalue weighted by atomic mass is 10.1. The third-order valence-corrected chi connectivity index (χ3v) is 4.96. The number of rotatable bonds is 3. The van der Waals surface area contributed by atoms with Crippen LogP contribution in [0, 0.1) is 0 Å². The monoisotopic (exact) mass is 259 g/mol. The summed E-state index contributed by atoms with van der Waals surface area (Å²) < 4.78 is 1.32. The standard InChI is InChI=1S/C14H13NS2/c15-12(9-11-5-3-7-16-11)14-8-10-4-1-2-6-13(10)17-14/h1-8,12H,9,15H2. The zero-order chi connectivity index (χ0) is 11.7. The molecule has 0 saturated carbocycles. The van der Waals surface area contributed by atoms with Crippen molar-refractivity contribution in [2.24, 2.45) is 5.73 Å². The van der Waals surface area contributed by atoms with Gasteiger partial charge in [-0.2, -0.15) is 0 Å².